The highest BCUT2D eigenvalue weighted by molar-refractivity contribution is 5.73. The molecule has 98 valence electrons. The molecule has 0 bridgehead atoms. The number of hydrogen-bond acceptors (Lipinski definition) is 0. The molecule has 20 heavy (non-hydrogen) atoms. The van der Waals surface area contributed by atoms with Gasteiger partial charge in [-0.1, -0.05) is 48.5 Å². The van der Waals surface area contributed by atoms with Crippen molar-refractivity contribution in [2.24, 2.45) is 0 Å². The van der Waals surface area contributed by atoms with Gasteiger partial charge in [-0.2, -0.15) is 0 Å². The predicted molar refractivity (Wildman–Crippen MR) is 77.2 cm³/mol. The van der Waals surface area contributed by atoms with Gasteiger partial charge in [-0.05, 0) is 41.0 Å². The van der Waals surface area contributed by atoms with Gasteiger partial charge < -0.3 is 0 Å². The highest BCUT2D eigenvalue weighted by Gasteiger charge is 2.07. The average Bonchev–Trinajstić information content (AvgIpc) is 2.50. The second kappa shape index (κ2) is 5.25. The van der Waals surface area contributed by atoms with E-state index < -0.39 is 0 Å². The van der Waals surface area contributed by atoms with Gasteiger partial charge in [-0.3, -0.25) is 0 Å². The zero-order valence-electron chi connectivity index (χ0n) is 10.7. The first-order valence-corrected chi connectivity index (χ1v) is 6.35. The van der Waals surface area contributed by atoms with Crippen molar-refractivity contribution in [1.29, 1.82) is 0 Å². The molecule has 0 aliphatic carbocycles. The van der Waals surface area contributed by atoms with Crippen LogP contribution in [0.3, 0.4) is 0 Å². The van der Waals surface area contributed by atoms with Gasteiger partial charge in [0.25, 0.3) is 0 Å². The van der Waals surface area contributed by atoms with Crippen LogP contribution in [-0.4, -0.2) is 0 Å². The van der Waals surface area contributed by atoms with Crippen molar-refractivity contribution in [3.8, 4) is 22.3 Å². The van der Waals surface area contributed by atoms with Crippen LogP contribution >= 0.6 is 0 Å². The summed E-state index contributed by atoms with van der Waals surface area (Å²) in [5.74, 6) is -0.541. The molecule has 0 spiro atoms. The van der Waals surface area contributed by atoms with Gasteiger partial charge in [-0.15, -0.1) is 0 Å². The molecule has 0 radical (unpaired) electrons. The zero-order chi connectivity index (χ0) is 13.9. The Morgan fingerprint density at radius 1 is 0.550 bits per heavy atom. The fraction of sp³-hybridized carbons (Fsp3) is 0. The molecule has 3 aromatic rings. The molecule has 0 heterocycles. The van der Waals surface area contributed by atoms with Crippen molar-refractivity contribution < 1.29 is 8.78 Å². The highest BCUT2D eigenvalue weighted by atomic mass is 19.1. The Kier molecular flexibility index (Phi) is 3.30. The topological polar surface area (TPSA) is 0 Å². The minimum atomic E-state index is -0.279. The molecular formula is C18H12F2. The second-order valence-corrected chi connectivity index (χ2v) is 4.57. The van der Waals surface area contributed by atoms with Crippen molar-refractivity contribution in [1.82, 2.24) is 0 Å². The van der Waals surface area contributed by atoms with Crippen LogP contribution < -0.4 is 0 Å². The molecule has 2 heteroatoms. The minimum absolute atomic E-state index is 0.262. The van der Waals surface area contributed by atoms with Crippen LogP contribution in [0.4, 0.5) is 8.78 Å². The van der Waals surface area contributed by atoms with E-state index in [0.29, 0.717) is 5.56 Å². The maximum atomic E-state index is 14.0. The SMILES string of the molecule is Fc1ccc(-c2ccc(F)c(-c3ccccc3)c2)cc1. The molecule has 0 aliphatic heterocycles. The van der Waals surface area contributed by atoms with Gasteiger partial charge in [0.15, 0.2) is 0 Å². The van der Waals surface area contributed by atoms with E-state index in [1.807, 2.05) is 30.3 Å². The monoisotopic (exact) mass is 266 g/mol. The smallest absolute Gasteiger partial charge is 0.131 e. The standard InChI is InChI=1S/C18H12F2/c19-16-9-6-13(7-10-16)15-8-11-18(20)17(12-15)14-4-2-1-3-5-14/h1-12H. The Balaban J connectivity index is 2.09. The van der Waals surface area contributed by atoms with Gasteiger partial charge in [0, 0.05) is 5.56 Å². The van der Waals surface area contributed by atoms with Gasteiger partial charge in [0.1, 0.15) is 11.6 Å². The highest BCUT2D eigenvalue weighted by Crippen LogP contribution is 2.28. The molecule has 0 N–H and O–H groups in total. The van der Waals surface area contributed by atoms with E-state index >= 15 is 0 Å². The minimum Gasteiger partial charge on any atom is -0.207 e. The summed E-state index contributed by atoms with van der Waals surface area (Å²) >= 11 is 0. The maximum Gasteiger partial charge on any atom is 0.131 e. The van der Waals surface area contributed by atoms with Gasteiger partial charge in [0.2, 0.25) is 0 Å². The molecule has 0 amide bonds. The lowest BCUT2D eigenvalue weighted by molar-refractivity contribution is 0.627. The summed E-state index contributed by atoms with van der Waals surface area (Å²) < 4.78 is 26.9. The van der Waals surface area contributed by atoms with Crippen molar-refractivity contribution in [3.63, 3.8) is 0 Å². The van der Waals surface area contributed by atoms with E-state index in [0.717, 1.165) is 16.7 Å². The summed E-state index contributed by atoms with van der Waals surface area (Å²) in [5, 5.41) is 0. The third-order valence-electron chi connectivity index (χ3n) is 3.23. The van der Waals surface area contributed by atoms with Gasteiger partial charge >= 0.3 is 0 Å². The summed E-state index contributed by atoms with van der Waals surface area (Å²) in [5.41, 5.74) is 3.11. The Hall–Kier alpha value is -2.48. The summed E-state index contributed by atoms with van der Waals surface area (Å²) in [4.78, 5) is 0. The molecule has 0 atom stereocenters. The Morgan fingerprint density at radius 3 is 1.90 bits per heavy atom. The maximum absolute atomic E-state index is 14.0. The van der Waals surface area contributed by atoms with Crippen molar-refractivity contribution in [2.45, 2.75) is 0 Å². The Bertz CT molecular complexity index is 716. The van der Waals surface area contributed by atoms with E-state index in [4.69, 9.17) is 0 Å². The third kappa shape index (κ3) is 2.45. The second-order valence-electron chi connectivity index (χ2n) is 4.57. The number of rotatable bonds is 2. The molecule has 0 fully saturated rings. The van der Waals surface area contributed by atoms with E-state index in [1.165, 1.54) is 18.2 Å². The fourth-order valence-electron chi connectivity index (χ4n) is 2.19. The molecule has 0 aliphatic rings. The third-order valence-corrected chi connectivity index (χ3v) is 3.23. The summed E-state index contributed by atoms with van der Waals surface area (Å²) in [6.45, 7) is 0. The lowest BCUT2D eigenvalue weighted by Crippen LogP contribution is -1.86. The van der Waals surface area contributed by atoms with Crippen LogP contribution in [0.25, 0.3) is 22.3 Å². The van der Waals surface area contributed by atoms with E-state index in [-0.39, 0.29) is 11.6 Å². The zero-order valence-corrected chi connectivity index (χ0v) is 10.7. The number of benzene rings is 3. The summed E-state index contributed by atoms with van der Waals surface area (Å²) in [7, 11) is 0. The first-order chi connectivity index (χ1) is 9.74. The van der Waals surface area contributed by atoms with E-state index in [2.05, 4.69) is 0 Å². The van der Waals surface area contributed by atoms with Crippen LogP contribution in [0.5, 0.6) is 0 Å². The summed E-state index contributed by atoms with van der Waals surface area (Å²) in [6, 6.07) is 20.5. The van der Waals surface area contributed by atoms with Gasteiger partial charge in [0.05, 0.1) is 0 Å². The predicted octanol–water partition coefficient (Wildman–Crippen LogP) is 5.30. The Morgan fingerprint density at radius 2 is 1.20 bits per heavy atom. The molecule has 0 saturated heterocycles. The van der Waals surface area contributed by atoms with Crippen LogP contribution in [0.15, 0.2) is 72.8 Å². The molecule has 0 nitrogen and oxygen atoms in total. The quantitative estimate of drug-likeness (QED) is 0.590. The van der Waals surface area contributed by atoms with Crippen LogP contribution in [0.1, 0.15) is 0 Å². The van der Waals surface area contributed by atoms with E-state index in [1.54, 1.807) is 24.3 Å². The number of halogens is 2. The normalized spacial score (nSPS) is 10.5. The van der Waals surface area contributed by atoms with Crippen LogP contribution in [0, 0.1) is 11.6 Å². The average molecular weight is 266 g/mol. The lowest BCUT2D eigenvalue weighted by Gasteiger charge is -2.07. The lowest BCUT2D eigenvalue weighted by atomic mass is 9.98. The van der Waals surface area contributed by atoms with Crippen LogP contribution in [0.2, 0.25) is 0 Å². The van der Waals surface area contributed by atoms with Crippen molar-refractivity contribution in [3.05, 3.63) is 84.4 Å². The molecule has 0 unspecified atom stereocenters. The molecular weight excluding hydrogens is 254 g/mol. The van der Waals surface area contributed by atoms with Crippen LogP contribution in [-0.2, 0) is 0 Å². The first kappa shape index (κ1) is 12.5. The molecule has 0 aromatic heterocycles. The number of hydrogen-bond donors (Lipinski definition) is 0. The van der Waals surface area contributed by atoms with Crippen molar-refractivity contribution >= 4 is 0 Å². The fourth-order valence-corrected chi connectivity index (χ4v) is 2.19. The molecule has 3 rings (SSSR count). The summed E-state index contributed by atoms with van der Waals surface area (Å²) in [6.07, 6.45) is 0. The van der Waals surface area contributed by atoms with Crippen molar-refractivity contribution in [2.75, 3.05) is 0 Å². The van der Waals surface area contributed by atoms with E-state index in [9.17, 15) is 8.78 Å². The Labute approximate surface area is 116 Å². The molecule has 0 saturated carbocycles. The largest absolute Gasteiger partial charge is 0.207 e. The first-order valence-electron chi connectivity index (χ1n) is 6.35. The molecule has 3 aromatic carbocycles. The van der Waals surface area contributed by atoms with Gasteiger partial charge in [-0.25, -0.2) is 8.78 Å².